The molecule has 128 valence electrons. The van der Waals surface area contributed by atoms with E-state index in [4.69, 9.17) is 4.74 Å². The predicted molar refractivity (Wildman–Crippen MR) is 96.9 cm³/mol. The highest BCUT2D eigenvalue weighted by Crippen LogP contribution is 2.31. The van der Waals surface area contributed by atoms with Crippen LogP contribution in [-0.2, 0) is 11.2 Å². The summed E-state index contributed by atoms with van der Waals surface area (Å²) in [5.41, 5.74) is 3.44. The largest absolute Gasteiger partial charge is 0.454 e. The van der Waals surface area contributed by atoms with Gasteiger partial charge in [0.05, 0.1) is 5.56 Å². The molecule has 26 heavy (non-hydrogen) atoms. The summed E-state index contributed by atoms with van der Waals surface area (Å²) < 4.78 is 5.55. The number of pyridine rings is 1. The van der Waals surface area contributed by atoms with Gasteiger partial charge in [0.1, 0.15) is 6.10 Å². The van der Waals surface area contributed by atoms with Crippen LogP contribution in [0.5, 0.6) is 0 Å². The second-order valence-electron chi connectivity index (χ2n) is 6.07. The molecule has 1 N–H and O–H groups in total. The van der Waals surface area contributed by atoms with Gasteiger partial charge in [-0.2, -0.15) is 0 Å². The van der Waals surface area contributed by atoms with Crippen molar-refractivity contribution in [2.45, 2.75) is 12.5 Å². The number of rotatable bonds is 3. The molecule has 1 aliphatic heterocycles. The Bertz CT molecular complexity index is 956. The van der Waals surface area contributed by atoms with Crippen LogP contribution in [0, 0.1) is 0 Å². The van der Waals surface area contributed by atoms with Gasteiger partial charge in [-0.3, -0.25) is 9.78 Å². The number of hydrogen-bond donors (Lipinski definition) is 1. The Balaban J connectivity index is 1.60. The van der Waals surface area contributed by atoms with E-state index < -0.39 is 0 Å². The Morgan fingerprint density at radius 1 is 1.04 bits per heavy atom. The fourth-order valence-electron chi connectivity index (χ4n) is 3.03. The second kappa shape index (κ2) is 6.80. The van der Waals surface area contributed by atoms with E-state index in [2.05, 4.69) is 10.3 Å². The van der Waals surface area contributed by atoms with Crippen molar-refractivity contribution < 1.29 is 14.3 Å². The summed E-state index contributed by atoms with van der Waals surface area (Å²) in [6.45, 7) is 0. The third-order valence-corrected chi connectivity index (χ3v) is 4.35. The van der Waals surface area contributed by atoms with E-state index in [9.17, 15) is 9.59 Å². The molecule has 5 heteroatoms. The first-order valence-corrected chi connectivity index (χ1v) is 8.31. The number of nitrogens with zero attached hydrogens (tertiary/aromatic N) is 1. The predicted octanol–water partition coefficient (Wildman–Crippen LogP) is 3.79. The number of cyclic esters (lactones) is 1. The minimum atomic E-state index is -0.360. The zero-order chi connectivity index (χ0) is 17.9. The lowest BCUT2D eigenvalue weighted by atomic mass is 9.93. The molecule has 0 unspecified atom stereocenters. The molecule has 3 aromatic rings. The molecule has 0 bridgehead atoms. The minimum absolute atomic E-state index is 0.228. The molecule has 4 rings (SSSR count). The first kappa shape index (κ1) is 16.0. The van der Waals surface area contributed by atoms with E-state index in [-0.39, 0.29) is 18.0 Å². The van der Waals surface area contributed by atoms with Crippen LogP contribution < -0.4 is 5.32 Å². The third-order valence-electron chi connectivity index (χ3n) is 4.35. The number of anilines is 1. The summed E-state index contributed by atoms with van der Waals surface area (Å²) in [4.78, 5) is 28.7. The minimum Gasteiger partial charge on any atom is -0.454 e. The standard InChI is InChI=1S/C21H16N2O3/c24-20(23-17-8-10-22-11-9-17)15-6-7-18-16(12-15)13-19(26-21(18)25)14-4-2-1-3-5-14/h1-12,19H,13H2,(H,22,23,24)/t19-/m1/s1. The maximum atomic E-state index is 12.5. The van der Waals surface area contributed by atoms with Crippen LogP contribution in [-0.4, -0.2) is 16.9 Å². The Morgan fingerprint density at radius 2 is 1.81 bits per heavy atom. The number of aromatic nitrogens is 1. The van der Waals surface area contributed by atoms with E-state index in [0.29, 0.717) is 23.2 Å². The first-order chi connectivity index (χ1) is 12.7. The number of esters is 1. The Kier molecular flexibility index (Phi) is 4.19. The Morgan fingerprint density at radius 3 is 2.58 bits per heavy atom. The van der Waals surface area contributed by atoms with Gasteiger partial charge in [0.25, 0.3) is 5.91 Å². The normalized spacial score (nSPS) is 15.7. The van der Waals surface area contributed by atoms with Crippen LogP contribution >= 0.6 is 0 Å². The average molecular weight is 344 g/mol. The van der Waals surface area contributed by atoms with Gasteiger partial charge in [0.2, 0.25) is 0 Å². The number of hydrogen-bond acceptors (Lipinski definition) is 4. The van der Waals surface area contributed by atoms with Gasteiger partial charge in [0, 0.05) is 30.1 Å². The van der Waals surface area contributed by atoms with Gasteiger partial charge in [-0.15, -0.1) is 0 Å². The zero-order valence-corrected chi connectivity index (χ0v) is 13.9. The van der Waals surface area contributed by atoms with Crippen molar-refractivity contribution in [1.29, 1.82) is 0 Å². The zero-order valence-electron chi connectivity index (χ0n) is 13.9. The molecule has 0 radical (unpaired) electrons. The van der Waals surface area contributed by atoms with Crippen LogP contribution in [0.1, 0.15) is 37.9 Å². The molecular weight excluding hydrogens is 328 g/mol. The highest BCUT2D eigenvalue weighted by Gasteiger charge is 2.28. The molecule has 0 spiro atoms. The Labute approximate surface area is 150 Å². The fraction of sp³-hybridized carbons (Fsp3) is 0.0952. The summed E-state index contributed by atoms with van der Waals surface area (Å²) in [5.74, 6) is -0.588. The summed E-state index contributed by atoms with van der Waals surface area (Å²) in [6, 6.07) is 18.1. The third kappa shape index (κ3) is 3.19. The molecular formula is C21H16N2O3. The number of carbonyl (C=O) groups excluding carboxylic acids is 2. The molecule has 0 saturated carbocycles. The Hall–Kier alpha value is -3.47. The topological polar surface area (TPSA) is 68.3 Å². The molecule has 0 fully saturated rings. The molecule has 0 saturated heterocycles. The van der Waals surface area contributed by atoms with Crippen LogP contribution in [0.15, 0.2) is 73.1 Å². The number of benzene rings is 2. The lowest BCUT2D eigenvalue weighted by Gasteiger charge is -2.25. The summed E-state index contributed by atoms with van der Waals surface area (Å²) >= 11 is 0. The number of ether oxygens (including phenoxy) is 1. The lowest BCUT2D eigenvalue weighted by molar-refractivity contribution is 0.0252. The smallest absolute Gasteiger partial charge is 0.339 e. The van der Waals surface area contributed by atoms with E-state index in [0.717, 1.165) is 11.1 Å². The molecule has 1 amide bonds. The van der Waals surface area contributed by atoms with Crippen LogP contribution in [0.3, 0.4) is 0 Å². The van der Waals surface area contributed by atoms with E-state index in [1.807, 2.05) is 30.3 Å². The van der Waals surface area contributed by atoms with Crippen LogP contribution in [0.25, 0.3) is 0 Å². The van der Waals surface area contributed by atoms with E-state index >= 15 is 0 Å². The quantitative estimate of drug-likeness (QED) is 0.734. The van der Waals surface area contributed by atoms with Crippen molar-refractivity contribution in [3.8, 4) is 0 Å². The first-order valence-electron chi connectivity index (χ1n) is 8.31. The SMILES string of the molecule is O=C(Nc1ccncc1)c1ccc2c(c1)C[C@H](c1ccccc1)OC2=O. The van der Waals surface area contributed by atoms with Crippen molar-refractivity contribution in [3.05, 3.63) is 95.3 Å². The molecule has 2 heterocycles. The molecule has 2 aromatic carbocycles. The fourth-order valence-corrected chi connectivity index (χ4v) is 3.03. The highest BCUT2D eigenvalue weighted by molar-refractivity contribution is 6.05. The van der Waals surface area contributed by atoms with Gasteiger partial charge in [0.15, 0.2) is 0 Å². The molecule has 0 aliphatic carbocycles. The number of amides is 1. The van der Waals surface area contributed by atoms with Crippen molar-refractivity contribution in [2.75, 3.05) is 5.32 Å². The van der Waals surface area contributed by atoms with Gasteiger partial charge >= 0.3 is 5.97 Å². The summed E-state index contributed by atoms with van der Waals surface area (Å²) in [6.07, 6.45) is 3.43. The van der Waals surface area contributed by atoms with Gasteiger partial charge in [-0.1, -0.05) is 30.3 Å². The van der Waals surface area contributed by atoms with Gasteiger partial charge in [-0.25, -0.2) is 4.79 Å². The molecule has 1 aliphatic rings. The van der Waals surface area contributed by atoms with E-state index in [1.165, 1.54) is 0 Å². The van der Waals surface area contributed by atoms with Crippen molar-refractivity contribution >= 4 is 17.6 Å². The van der Waals surface area contributed by atoms with Crippen LogP contribution in [0.4, 0.5) is 5.69 Å². The van der Waals surface area contributed by atoms with Crippen molar-refractivity contribution in [2.24, 2.45) is 0 Å². The molecule has 1 atom stereocenters. The van der Waals surface area contributed by atoms with Crippen molar-refractivity contribution in [1.82, 2.24) is 4.98 Å². The number of nitrogens with one attached hydrogen (secondary N) is 1. The molecule has 5 nitrogen and oxygen atoms in total. The van der Waals surface area contributed by atoms with Gasteiger partial charge in [-0.05, 0) is 41.5 Å². The maximum Gasteiger partial charge on any atom is 0.339 e. The maximum absolute atomic E-state index is 12.5. The number of fused-ring (bicyclic) bond motifs is 1. The lowest BCUT2D eigenvalue weighted by Crippen LogP contribution is -2.23. The monoisotopic (exact) mass is 344 g/mol. The molecule has 1 aromatic heterocycles. The number of carbonyl (C=O) groups is 2. The second-order valence-corrected chi connectivity index (χ2v) is 6.07. The summed E-state index contributed by atoms with van der Waals surface area (Å²) in [5, 5.41) is 2.82. The van der Waals surface area contributed by atoms with Crippen LogP contribution in [0.2, 0.25) is 0 Å². The highest BCUT2D eigenvalue weighted by atomic mass is 16.5. The summed E-state index contributed by atoms with van der Waals surface area (Å²) in [7, 11) is 0. The van der Waals surface area contributed by atoms with Gasteiger partial charge < -0.3 is 10.1 Å². The van der Waals surface area contributed by atoms with E-state index in [1.54, 1.807) is 42.7 Å². The average Bonchev–Trinajstić information content (AvgIpc) is 2.69. The van der Waals surface area contributed by atoms with Crippen molar-refractivity contribution in [3.63, 3.8) is 0 Å².